The summed E-state index contributed by atoms with van der Waals surface area (Å²) in [6.07, 6.45) is 5.53. The average molecular weight is 737 g/mol. The van der Waals surface area contributed by atoms with Crippen LogP contribution < -0.4 is 9.30 Å². The van der Waals surface area contributed by atoms with E-state index in [2.05, 4.69) is 205 Å². The highest BCUT2D eigenvalue weighted by Gasteiger charge is 2.23. The van der Waals surface area contributed by atoms with Crippen LogP contribution in [0.2, 0.25) is 0 Å². The van der Waals surface area contributed by atoms with Crippen LogP contribution in [-0.2, 0) is 5.41 Å². The first-order valence-corrected chi connectivity index (χ1v) is 19.4. The molecule has 10 aromatic rings. The van der Waals surface area contributed by atoms with Crippen molar-refractivity contribution in [3.05, 3.63) is 200 Å². The molecule has 0 aliphatic carbocycles. The molecule has 0 bridgehead atoms. The highest BCUT2D eigenvalue weighted by molar-refractivity contribution is 6.19. The van der Waals surface area contributed by atoms with Crippen LogP contribution in [0, 0.1) is 6.33 Å². The second-order valence-electron chi connectivity index (χ2n) is 15.5. The Morgan fingerprint density at radius 3 is 2.00 bits per heavy atom. The van der Waals surface area contributed by atoms with Gasteiger partial charge in [0.25, 0.3) is 6.33 Å². The number of ether oxygens (including phenoxy) is 1. The molecule has 0 fully saturated rings. The van der Waals surface area contributed by atoms with Gasteiger partial charge in [-0.15, -0.1) is 0 Å². The molecule has 274 valence electrons. The van der Waals surface area contributed by atoms with Gasteiger partial charge in [-0.2, -0.15) is 0 Å². The van der Waals surface area contributed by atoms with E-state index in [0.29, 0.717) is 0 Å². The molecule has 0 unspecified atom stereocenters. The lowest BCUT2D eigenvalue weighted by molar-refractivity contribution is -0.572. The molecule has 5 heteroatoms. The van der Waals surface area contributed by atoms with Crippen LogP contribution in [0.3, 0.4) is 0 Å². The van der Waals surface area contributed by atoms with E-state index in [1.54, 1.807) is 0 Å². The summed E-state index contributed by atoms with van der Waals surface area (Å²) >= 11 is 0. The van der Waals surface area contributed by atoms with E-state index in [-0.39, 0.29) is 5.41 Å². The molecule has 0 atom stereocenters. The van der Waals surface area contributed by atoms with Gasteiger partial charge in [0.1, 0.15) is 17.3 Å². The van der Waals surface area contributed by atoms with Crippen molar-refractivity contribution in [2.24, 2.45) is 0 Å². The first-order chi connectivity index (χ1) is 27.9. The largest absolute Gasteiger partial charge is 0.458 e. The zero-order valence-corrected chi connectivity index (χ0v) is 32.1. The van der Waals surface area contributed by atoms with E-state index in [1.807, 2.05) is 24.4 Å². The molecule has 10 rings (SSSR count). The van der Waals surface area contributed by atoms with Crippen molar-refractivity contribution in [2.45, 2.75) is 26.2 Å². The van der Waals surface area contributed by atoms with Gasteiger partial charge in [-0.25, -0.2) is 4.98 Å². The first kappa shape index (κ1) is 34.3. The number of aromatic nitrogens is 4. The van der Waals surface area contributed by atoms with E-state index < -0.39 is 0 Å². The molecule has 5 nitrogen and oxygen atoms in total. The van der Waals surface area contributed by atoms with Crippen molar-refractivity contribution in [1.29, 1.82) is 0 Å². The molecule has 0 saturated heterocycles. The van der Waals surface area contributed by atoms with Crippen LogP contribution in [0.5, 0.6) is 11.5 Å². The first-order valence-electron chi connectivity index (χ1n) is 19.4. The SMILES string of the molecule is CC(C)(C)c1ccnc(-n2c3cc(Oc4cccc(-n5[c-][n+](-c6ccccc6)c6ccccc65)c4)ccc3c3c(-c4ccccc4)ccc(-c4ccccc4)c32)c1. The standard InChI is InChI=1S/C52H40N4O/c1-52(2,3)38-30-31-53-49(32-38)56-48-34-42(26-27-45(48)50-43(36-16-7-4-8-17-36)28-29-44(51(50)56)37-18-9-5-10-19-37)57-41-23-15-22-40(33-41)55-35-54(39-20-11-6-12-21-39)46-24-13-14-25-47(46)55/h4-34H,1-3H3. The van der Waals surface area contributed by atoms with Crippen LogP contribution in [0.4, 0.5) is 0 Å². The highest BCUT2D eigenvalue weighted by atomic mass is 16.5. The minimum Gasteiger partial charge on any atom is -0.458 e. The minimum atomic E-state index is -0.0595. The Kier molecular flexibility index (Phi) is 8.30. The minimum absolute atomic E-state index is 0.0595. The molecule has 0 N–H and O–H groups in total. The van der Waals surface area contributed by atoms with Crippen LogP contribution >= 0.6 is 0 Å². The second kappa shape index (κ2) is 13.8. The fourth-order valence-corrected chi connectivity index (χ4v) is 7.98. The number of rotatable bonds is 7. The van der Waals surface area contributed by atoms with Crippen molar-refractivity contribution in [3.8, 4) is 50.9 Å². The Balaban J connectivity index is 1.17. The van der Waals surface area contributed by atoms with Crippen LogP contribution in [0.15, 0.2) is 188 Å². The summed E-state index contributed by atoms with van der Waals surface area (Å²) in [7, 11) is 0. The van der Waals surface area contributed by atoms with Gasteiger partial charge in [-0.05, 0) is 82.3 Å². The van der Waals surface area contributed by atoms with Crippen LogP contribution in [0.25, 0.3) is 72.3 Å². The summed E-state index contributed by atoms with van der Waals surface area (Å²) in [4.78, 5) is 5.05. The number of para-hydroxylation sites is 3. The van der Waals surface area contributed by atoms with E-state index in [0.717, 1.165) is 72.8 Å². The predicted octanol–water partition coefficient (Wildman–Crippen LogP) is 12.6. The summed E-state index contributed by atoms with van der Waals surface area (Å²) in [6, 6.07) is 63.6. The summed E-state index contributed by atoms with van der Waals surface area (Å²) in [6.45, 7) is 6.74. The number of imidazole rings is 1. The van der Waals surface area contributed by atoms with Crippen molar-refractivity contribution >= 4 is 32.8 Å². The van der Waals surface area contributed by atoms with Gasteiger partial charge in [0.2, 0.25) is 0 Å². The van der Waals surface area contributed by atoms with E-state index in [1.165, 1.54) is 16.5 Å². The maximum absolute atomic E-state index is 6.78. The molecular weight excluding hydrogens is 697 g/mol. The third-order valence-corrected chi connectivity index (χ3v) is 10.8. The summed E-state index contributed by atoms with van der Waals surface area (Å²) in [5.41, 5.74) is 12.0. The third kappa shape index (κ3) is 6.14. The number of hydrogen-bond donors (Lipinski definition) is 0. The Morgan fingerprint density at radius 1 is 0.579 bits per heavy atom. The smallest absolute Gasteiger partial charge is 0.269 e. The molecule has 3 heterocycles. The molecule has 7 aromatic carbocycles. The maximum Gasteiger partial charge on any atom is 0.269 e. The van der Waals surface area contributed by atoms with E-state index >= 15 is 0 Å². The Hall–Kier alpha value is -7.24. The summed E-state index contributed by atoms with van der Waals surface area (Å²) < 4.78 is 13.3. The van der Waals surface area contributed by atoms with Gasteiger partial charge < -0.3 is 4.74 Å². The fraction of sp³-hybridized carbons (Fsp3) is 0.0769. The molecular formula is C52H40N4O. The summed E-state index contributed by atoms with van der Waals surface area (Å²) in [5.74, 6) is 2.33. The van der Waals surface area contributed by atoms with E-state index in [9.17, 15) is 0 Å². The van der Waals surface area contributed by atoms with Crippen LogP contribution in [0.1, 0.15) is 26.3 Å². The molecule has 0 saturated carbocycles. The molecule has 3 aromatic heterocycles. The molecule has 0 radical (unpaired) electrons. The Bertz CT molecular complexity index is 3070. The highest BCUT2D eigenvalue weighted by Crippen LogP contribution is 2.44. The van der Waals surface area contributed by atoms with Crippen LogP contribution in [-0.4, -0.2) is 14.1 Å². The number of fused-ring (bicyclic) bond motifs is 4. The normalized spacial score (nSPS) is 11.8. The lowest BCUT2D eigenvalue weighted by Crippen LogP contribution is -2.29. The zero-order valence-electron chi connectivity index (χ0n) is 32.1. The molecule has 0 aliphatic heterocycles. The van der Waals surface area contributed by atoms with Gasteiger partial charge in [-0.3, -0.25) is 13.7 Å². The molecule has 0 aliphatic rings. The van der Waals surface area contributed by atoms with Gasteiger partial charge >= 0.3 is 0 Å². The van der Waals surface area contributed by atoms with E-state index in [4.69, 9.17) is 9.72 Å². The zero-order chi connectivity index (χ0) is 38.5. The third-order valence-electron chi connectivity index (χ3n) is 10.8. The number of hydrogen-bond acceptors (Lipinski definition) is 2. The lowest BCUT2D eigenvalue weighted by Gasteiger charge is -2.20. The second-order valence-corrected chi connectivity index (χ2v) is 15.5. The van der Waals surface area contributed by atoms with Crippen molar-refractivity contribution in [1.82, 2.24) is 14.1 Å². The molecule has 57 heavy (non-hydrogen) atoms. The van der Waals surface area contributed by atoms with Gasteiger partial charge in [-0.1, -0.05) is 142 Å². The fourth-order valence-electron chi connectivity index (χ4n) is 7.98. The topological polar surface area (TPSA) is 35.9 Å². The Labute approximate surface area is 332 Å². The summed E-state index contributed by atoms with van der Waals surface area (Å²) in [5, 5.41) is 2.31. The monoisotopic (exact) mass is 736 g/mol. The van der Waals surface area contributed by atoms with Gasteiger partial charge in [0.05, 0.1) is 33.4 Å². The van der Waals surface area contributed by atoms with Crippen molar-refractivity contribution in [3.63, 3.8) is 0 Å². The van der Waals surface area contributed by atoms with Crippen molar-refractivity contribution in [2.75, 3.05) is 0 Å². The average Bonchev–Trinajstić information content (AvgIpc) is 3.81. The number of pyridine rings is 1. The quantitative estimate of drug-likeness (QED) is 0.121. The van der Waals surface area contributed by atoms with Gasteiger partial charge in [0.15, 0.2) is 0 Å². The molecule has 0 amide bonds. The van der Waals surface area contributed by atoms with Crippen molar-refractivity contribution < 1.29 is 9.30 Å². The maximum atomic E-state index is 6.78. The number of benzene rings is 7. The number of nitrogens with zero attached hydrogens (tertiary/aromatic N) is 4. The predicted molar refractivity (Wildman–Crippen MR) is 232 cm³/mol. The van der Waals surface area contributed by atoms with Gasteiger partial charge in [0, 0.05) is 28.6 Å². The Morgan fingerprint density at radius 2 is 1.25 bits per heavy atom. The molecule has 0 spiro atoms. The lowest BCUT2D eigenvalue weighted by atomic mass is 9.88.